The minimum Gasteiger partial charge on any atom is -0.477 e. The van der Waals surface area contributed by atoms with Crippen LogP contribution >= 0.6 is 0 Å². The summed E-state index contributed by atoms with van der Waals surface area (Å²) in [6, 6.07) is 7.78. The summed E-state index contributed by atoms with van der Waals surface area (Å²) in [5.74, 6) is -0.892. The number of aryl methyl sites for hydroxylation is 2. The van der Waals surface area contributed by atoms with Gasteiger partial charge in [0.25, 0.3) is 0 Å². The number of aromatic carboxylic acids is 1. The summed E-state index contributed by atoms with van der Waals surface area (Å²) in [7, 11) is 1.93. The number of benzene rings is 1. The summed E-state index contributed by atoms with van der Waals surface area (Å²) in [5, 5.41) is 15.2. The fourth-order valence-corrected chi connectivity index (χ4v) is 3.71. The molecule has 0 unspecified atom stereocenters. The van der Waals surface area contributed by atoms with Crippen molar-refractivity contribution in [2.24, 2.45) is 7.05 Å². The molecule has 1 aliphatic heterocycles. The second kappa shape index (κ2) is 6.04. The van der Waals surface area contributed by atoms with Gasteiger partial charge in [0.15, 0.2) is 0 Å². The normalized spacial score (nSPS) is 15.0. The maximum Gasteiger partial charge on any atom is 0.352 e. The molecule has 0 amide bonds. The lowest BCUT2D eigenvalue weighted by Crippen LogP contribution is -2.09. The number of carboxylic acids is 1. The Morgan fingerprint density at radius 3 is 2.96 bits per heavy atom. The molecular weight excluding hydrogens is 318 g/mol. The van der Waals surface area contributed by atoms with Gasteiger partial charge in [0, 0.05) is 42.4 Å². The second-order valence-electron chi connectivity index (χ2n) is 6.52. The molecule has 0 fully saturated rings. The van der Waals surface area contributed by atoms with Gasteiger partial charge in [0.05, 0.1) is 17.8 Å². The quantitative estimate of drug-likeness (QED) is 0.738. The Hall–Kier alpha value is -2.60. The molecule has 6 heteroatoms. The average molecular weight is 339 g/mol. The van der Waals surface area contributed by atoms with E-state index in [2.05, 4.69) is 11.2 Å². The standard InChI is InChI=1S/C19H21N3O3/c1-12-17-14-7-5-6-13-10-16(19(23)24)22(18(13)14)8-3-4-9-25-11-15(17)20-21(12)2/h5-7,10H,3-4,8-9,11H2,1-2H3,(H,23,24). The first kappa shape index (κ1) is 15.9. The van der Waals surface area contributed by atoms with Crippen LogP contribution in [0.25, 0.3) is 22.0 Å². The molecule has 0 saturated heterocycles. The number of ether oxygens (including phenoxy) is 1. The third kappa shape index (κ3) is 2.53. The van der Waals surface area contributed by atoms with Crippen molar-refractivity contribution in [3.63, 3.8) is 0 Å². The van der Waals surface area contributed by atoms with Crippen LogP contribution in [0.15, 0.2) is 24.3 Å². The highest BCUT2D eigenvalue weighted by atomic mass is 16.5. The minimum atomic E-state index is -0.892. The fraction of sp³-hybridized carbons (Fsp3) is 0.368. The van der Waals surface area contributed by atoms with Gasteiger partial charge in [0.1, 0.15) is 5.69 Å². The molecular formula is C19H21N3O3. The zero-order valence-corrected chi connectivity index (χ0v) is 14.5. The van der Waals surface area contributed by atoms with E-state index in [1.165, 1.54) is 0 Å². The summed E-state index contributed by atoms with van der Waals surface area (Å²) >= 11 is 0. The Labute approximate surface area is 145 Å². The molecule has 6 nitrogen and oxygen atoms in total. The predicted octanol–water partition coefficient (Wildman–Crippen LogP) is 3.36. The maximum absolute atomic E-state index is 11.8. The number of nitrogens with zero attached hydrogens (tertiary/aromatic N) is 3. The number of carboxylic acid groups (broad SMARTS) is 1. The van der Waals surface area contributed by atoms with Gasteiger partial charge >= 0.3 is 5.97 Å². The van der Waals surface area contributed by atoms with E-state index < -0.39 is 5.97 Å². The lowest BCUT2D eigenvalue weighted by atomic mass is 10.0. The van der Waals surface area contributed by atoms with Crippen LogP contribution < -0.4 is 0 Å². The van der Waals surface area contributed by atoms with E-state index in [1.807, 2.05) is 35.4 Å². The van der Waals surface area contributed by atoms with Crippen molar-refractivity contribution in [1.29, 1.82) is 0 Å². The first-order chi connectivity index (χ1) is 12.1. The van der Waals surface area contributed by atoms with E-state index in [4.69, 9.17) is 4.74 Å². The highest BCUT2D eigenvalue weighted by molar-refractivity contribution is 6.01. The number of carbonyl (C=O) groups is 1. The van der Waals surface area contributed by atoms with Crippen LogP contribution in [-0.2, 0) is 24.9 Å². The highest BCUT2D eigenvalue weighted by Crippen LogP contribution is 2.36. The second-order valence-corrected chi connectivity index (χ2v) is 6.52. The molecule has 1 aromatic carbocycles. The lowest BCUT2D eigenvalue weighted by molar-refractivity contribution is 0.0685. The Bertz CT molecular complexity index is 968. The van der Waals surface area contributed by atoms with E-state index in [-0.39, 0.29) is 0 Å². The predicted molar refractivity (Wildman–Crippen MR) is 94.7 cm³/mol. The molecule has 0 aliphatic carbocycles. The van der Waals surface area contributed by atoms with Crippen LogP contribution in [0.4, 0.5) is 0 Å². The lowest BCUT2D eigenvalue weighted by Gasteiger charge is -2.12. The van der Waals surface area contributed by atoms with Gasteiger partial charge in [0.2, 0.25) is 0 Å². The molecule has 1 aliphatic rings. The number of para-hydroxylation sites is 1. The summed E-state index contributed by atoms with van der Waals surface area (Å²) < 4.78 is 9.61. The zero-order valence-electron chi connectivity index (χ0n) is 14.5. The third-order valence-corrected chi connectivity index (χ3v) is 4.97. The molecule has 0 bridgehead atoms. The number of aromatic nitrogens is 3. The zero-order chi connectivity index (χ0) is 17.6. The van der Waals surface area contributed by atoms with Gasteiger partial charge < -0.3 is 14.4 Å². The molecule has 25 heavy (non-hydrogen) atoms. The maximum atomic E-state index is 11.8. The van der Waals surface area contributed by atoms with Gasteiger partial charge in [-0.25, -0.2) is 4.79 Å². The van der Waals surface area contributed by atoms with Crippen LogP contribution in [-0.4, -0.2) is 32.0 Å². The number of fused-ring (bicyclic) bond motifs is 2. The SMILES string of the molecule is Cc1c2c(nn1C)COCCCCn1c(C(=O)O)cc3cccc-2c31. The average Bonchev–Trinajstić information content (AvgIpc) is 3.08. The Morgan fingerprint density at radius 1 is 1.32 bits per heavy atom. The molecule has 4 rings (SSSR count). The van der Waals surface area contributed by atoms with Crippen LogP contribution in [0.3, 0.4) is 0 Å². The molecule has 0 saturated carbocycles. The number of rotatable bonds is 1. The summed E-state index contributed by atoms with van der Waals surface area (Å²) in [5.41, 5.74) is 5.33. The van der Waals surface area contributed by atoms with E-state index in [0.717, 1.165) is 46.3 Å². The van der Waals surface area contributed by atoms with Gasteiger partial charge in [-0.15, -0.1) is 0 Å². The number of hydrogen-bond donors (Lipinski definition) is 1. The molecule has 3 aromatic rings. The van der Waals surface area contributed by atoms with E-state index in [0.29, 0.717) is 25.5 Å². The van der Waals surface area contributed by atoms with Crippen molar-refractivity contribution >= 4 is 16.9 Å². The largest absolute Gasteiger partial charge is 0.477 e. The van der Waals surface area contributed by atoms with E-state index in [1.54, 1.807) is 6.07 Å². The monoisotopic (exact) mass is 339 g/mol. The van der Waals surface area contributed by atoms with Crippen LogP contribution in [0.5, 0.6) is 0 Å². The van der Waals surface area contributed by atoms with Crippen molar-refractivity contribution in [2.75, 3.05) is 6.61 Å². The smallest absolute Gasteiger partial charge is 0.352 e. The highest BCUT2D eigenvalue weighted by Gasteiger charge is 2.22. The molecule has 3 heterocycles. The van der Waals surface area contributed by atoms with Gasteiger partial charge in [-0.2, -0.15) is 5.10 Å². The van der Waals surface area contributed by atoms with E-state index >= 15 is 0 Å². The summed E-state index contributed by atoms with van der Waals surface area (Å²) in [6.45, 7) is 3.83. The first-order valence-corrected chi connectivity index (χ1v) is 8.54. The van der Waals surface area contributed by atoms with Crippen molar-refractivity contribution in [3.05, 3.63) is 41.3 Å². The van der Waals surface area contributed by atoms with Crippen LogP contribution in [0.1, 0.15) is 34.7 Å². The summed E-state index contributed by atoms with van der Waals surface area (Å²) in [4.78, 5) is 11.8. The van der Waals surface area contributed by atoms with Crippen LogP contribution in [0, 0.1) is 6.92 Å². The molecule has 1 N–H and O–H groups in total. The Kier molecular flexibility index (Phi) is 3.84. The third-order valence-electron chi connectivity index (χ3n) is 4.97. The van der Waals surface area contributed by atoms with Crippen LogP contribution in [0.2, 0.25) is 0 Å². The topological polar surface area (TPSA) is 69.3 Å². The molecule has 0 radical (unpaired) electrons. The van der Waals surface area contributed by atoms with Crippen molar-refractivity contribution < 1.29 is 14.6 Å². The minimum absolute atomic E-state index is 0.339. The molecule has 130 valence electrons. The summed E-state index contributed by atoms with van der Waals surface area (Å²) in [6.07, 6.45) is 1.77. The molecule has 0 spiro atoms. The van der Waals surface area contributed by atoms with E-state index in [9.17, 15) is 9.90 Å². The Balaban J connectivity index is 2.08. The van der Waals surface area contributed by atoms with Crippen molar-refractivity contribution in [2.45, 2.75) is 32.9 Å². The first-order valence-electron chi connectivity index (χ1n) is 8.54. The van der Waals surface area contributed by atoms with Gasteiger partial charge in [-0.05, 0) is 25.8 Å². The number of hydrogen-bond acceptors (Lipinski definition) is 3. The molecule has 0 atom stereocenters. The van der Waals surface area contributed by atoms with Crippen molar-refractivity contribution in [1.82, 2.24) is 14.3 Å². The van der Waals surface area contributed by atoms with Gasteiger partial charge in [-0.1, -0.05) is 18.2 Å². The van der Waals surface area contributed by atoms with Gasteiger partial charge in [-0.3, -0.25) is 4.68 Å². The molecule has 2 aromatic heterocycles. The Morgan fingerprint density at radius 2 is 2.16 bits per heavy atom. The fourth-order valence-electron chi connectivity index (χ4n) is 3.71. The van der Waals surface area contributed by atoms with Crippen molar-refractivity contribution in [3.8, 4) is 11.1 Å².